The molecule has 0 aliphatic heterocycles. The second-order valence-electron chi connectivity index (χ2n) is 6.01. The zero-order valence-corrected chi connectivity index (χ0v) is 17.8. The van der Waals surface area contributed by atoms with E-state index in [0.29, 0.717) is 22.2 Å². The molecule has 26 heavy (non-hydrogen) atoms. The van der Waals surface area contributed by atoms with E-state index in [1.54, 1.807) is 11.8 Å². The highest BCUT2D eigenvalue weighted by Crippen LogP contribution is 2.24. The Bertz CT molecular complexity index is 1030. The molecule has 0 aliphatic carbocycles. The van der Waals surface area contributed by atoms with Crippen LogP contribution in [-0.2, 0) is 6.54 Å². The summed E-state index contributed by atoms with van der Waals surface area (Å²) >= 11 is 6.74. The van der Waals surface area contributed by atoms with Gasteiger partial charge >= 0.3 is 0 Å². The summed E-state index contributed by atoms with van der Waals surface area (Å²) in [6.45, 7) is 8.70. The molecule has 1 amide bonds. The molecule has 0 bridgehead atoms. The van der Waals surface area contributed by atoms with Crippen molar-refractivity contribution in [3.8, 4) is 0 Å². The van der Waals surface area contributed by atoms with Crippen LogP contribution in [0.1, 0.15) is 24.2 Å². The van der Waals surface area contributed by atoms with E-state index in [2.05, 4.69) is 41.3 Å². The Labute approximate surface area is 169 Å². The summed E-state index contributed by atoms with van der Waals surface area (Å²) in [6.07, 6.45) is 1.82. The van der Waals surface area contributed by atoms with Crippen molar-refractivity contribution in [3.05, 3.63) is 70.0 Å². The van der Waals surface area contributed by atoms with Gasteiger partial charge < -0.3 is 4.57 Å². The summed E-state index contributed by atoms with van der Waals surface area (Å²) in [6, 6.07) is 13.7. The van der Waals surface area contributed by atoms with Gasteiger partial charge in [-0.15, -0.1) is 18.3 Å². The van der Waals surface area contributed by atoms with Crippen molar-refractivity contribution in [1.82, 2.24) is 4.57 Å². The molecular formula is C20H19BrN2OS2. The van der Waals surface area contributed by atoms with Gasteiger partial charge in [-0.3, -0.25) is 4.79 Å². The van der Waals surface area contributed by atoms with E-state index >= 15 is 0 Å². The lowest BCUT2D eigenvalue weighted by molar-refractivity contribution is 0.0997. The molecule has 0 fully saturated rings. The van der Waals surface area contributed by atoms with Crippen molar-refractivity contribution in [1.29, 1.82) is 0 Å². The van der Waals surface area contributed by atoms with Crippen molar-refractivity contribution >= 4 is 55.2 Å². The minimum absolute atomic E-state index is 0.223. The molecule has 0 spiro atoms. The topological polar surface area (TPSA) is 34.4 Å². The standard InChI is InChI=1S/C20H19BrN2OS2/c1-4-10-23-17-9-8-15(21)12-18(17)26-20(23)22-19(24)14-6-5-7-16(11-14)25-13(2)3/h4-9,11-13H,1,10H2,2-3H3. The maximum Gasteiger partial charge on any atom is 0.279 e. The summed E-state index contributed by atoms with van der Waals surface area (Å²) in [5.74, 6) is -0.223. The van der Waals surface area contributed by atoms with Crippen molar-refractivity contribution in [3.63, 3.8) is 0 Å². The number of hydrogen-bond acceptors (Lipinski definition) is 3. The van der Waals surface area contributed by atoms with Crippen LogP contribution in [0.15, 0.2) is 69.5 Å². The van der Waals surface area contributed by atoms with Crippen LogP contribution in [0.3, 0.4) is 0 Å². The summed E-state index contributed by atoms with van der Waals surface area (Å²) in [5, 5.41) is 0.466. The van der Waals surface area contributed by atoms with E-state index in [9.17, 15) is 4.79 Å². The Hall–Kier alpha value is -1.63. The number of amides is 1. The van der Waals surface area contributed by atoms with Crippen LogP contribution in [0.5, 0.6) is 0 Å². The number of aromatic nitrogens is 1. The van der Waals surface area contributed by atoms with Crippen LogP contribution in [-0.4, -0.2) is 15.7 Å². The maximum absolute atomic E-state index is 12.7. The van der Waals surface area contributed by atoms with Gasteiger partial charge in [0.05, 0.1) is 10.2 Å². The zero-order valence-electron chi connectivity index (χ0n) is 14.6. The largest absolute Gasteiger partial charge is 0.312 e. The normalized spacial score (nSPS) is 12.1. The molecule has 3 aromatic rings. The predicted octanol–water partition coefficient (Wildman–Crippen LogP) is 5.89. The highest BCUT2D eigenvalue weighted by Gasteiger charge is 2.10. The van der Waals surface area contributed by atoms with Crippen molar-refractivity contribution in [2.75, 3.05) is 0 Å². The van der Waals surface area contributed by atoms with E-state index in [4.69, 9.17) is 0 Å². The SMILES string of the molecule is C=CCn1c(=NC(=O)c2cccc(SC(C)C)c2)sc2cc(Br)ccc21. The van der Waals surface area contributed by atoms with Gasteiger partial charge in [-0.25, -0.2) is 0 Å². The predicted molar refractivity (Wildman–Crippen MR) is 115 cm³/mol. The van der Waals surface area contributed by atoms with Crippen LogP contribution in [0.25, 0.3) is 10.2 Å². The number of thioether (sulfide) groups is 1. The number of hydrogen-bond donors (Lipinski definition) is 0. The molecule has 2 aromatic carbocycles. The third-order valence-electron chi connectivity index (χ3n) is 3.61. The van der Waals surface area contributed by atoms with Crippen molar-refractivity contribution < 1.29 is 4.79 Å². The van der Waals surface area contributed by atoms with Crippen molar-refractivity contribution in [2.45, 2.75) is 30.5 Å². The van der Waals surface area contributed by atoms with Gasteiger partial charge in [0.2, 0.25) is 0 Å². The molecule has 0 saturated carbocycles. The maximum atomic E-state index is 12.7. The van der Waals surface area contributed by atoms with E-state index in [0.717, 1.165) is 19.6 Å². The number of halogens is 1. The summed E-state index contributed by atoms with van der Waals surface area (Å²) in [7, 11) is 0. The molecule has 1 aromatic heterocycles. The monoisotopic (exact) mass is 446 g/mol. The smallest absolute Gasteiger partial charge is 0.279 e. The molecule has 0 unspecified atom stereocenters. The fourth-order valence-corrected chi connectivity index (χ4v) is 5.05. The highest BCUT2D eigenvalue weighted by molar-refractivity contribution is 9.10. The summed E-state index contributed by atoms with van der Waals surface area (Å²) in [5.41, 5.74) is 1.66. The van der Waals surface area contributed by atoms with E-state index in [1.807, 2.05) is 53.1 Å². The summed E-state index contributed by atoms with van der Waals surface area (Å²) < 4.78 is 4.11. The van der Waals surface area contributed by atoms with Gasteiger partial charge in [0, 0.05) is 26.7 Å². The molecule has 0 aliphatic rings. The first-order valence-electron chi connectivity index (χ1n) is 8.23. The van der Waals surface area contributed by atoms with Crippen LogP contribution >= 0.6 is 39.0 Å². The molecule has 0 atom stereocenters. The van der Waals surface area contributed by atoms with Gasteiger partial charge in [-0.2, -0.15) is 4.99 Å². The Morgan fingerprint density at radius 2 is 2.15 bits per heavy atom. The third-order valence-corrected chi connectivity index (χ3v) is 6.14. The molecule has 6 heteroatoms. The molecular weight excluding hydrogens is 428 g/mol. The average Bonchev–Trinajstić information content (AvgIpc) is 2.91. The first kappa shape index (κ1) is 19.1. The molecule has 1 heterocycles. The number of nitrogens with zero attached hydrogens (tertiary/aromatic N) is 2. The van der Waals surface area contributed by atoms with Crippen LogP contribution < -0.4 is 4.80 Å². The Morgan fingerprint density at radius 3 is 2.88 bits per heavy atom. The average molecular weight is 447 g/mol. The molecule has 3 rings (SSSR count). The number of carbonyl (C=O) groups is 1. The van der Waals surface area contributed by atoms with Gasteiger partial charge in [0.1, 0.15) is 0 Å². The minimum Gasteiger partial charge on any atom is -0.312 e. The lowest BCUT2D eigenvalue weighted by atomic mass is 10.2. The number of rotatable bonds is 5. The molecule has 0 saturated heterocycles. The van der Waals surface area contributed by atoms with Gasteiger partial charge in [-0.05, 0) is 36.4 Å². The van der Waals surface area contributed by atoms with Gasteiger partial charge in [0.25, 0.3) is 5.91 Å². The van der Waals surface area contributed by atoms with E-state index in [-0.39, 0.29) is 5.91 Å². The first-order valence-corrected chi connectivity index (χ1v) is 10.7. The number of carbonyl (C=O) groups excluding carboxylic acids is 1. The van der Waals surface area contributed by atoms with Crippen LogP contribution in [0.4, 0.5) is 0 Å². The lowest BCUT2D eigenvalue weighted by Gasteiger charge is -2.05. The Balaban J connectivity index is 2.05. The molecule has 0 N–H and O–H groups in total. The molecule has 0 radical (unpaired) electrons. The van der Waals surface area contributed by atoms with Crippen LogP contribution in [0, 0.1) is 0 Å². The van der Waals surface area contributed by atoms with Gasteiger partial charge in [0.15, 0.2) is 4.80 Å². The zero-order chi connectivity index (χ0) is 18.7. The van der Waals surface area contributed by atoms with E-state index < -0.39 is 0 Å². The molecule has 3 nitrogen and oxygen atoms in total. The molecule has 134 valence electrons. The highest BCUT2D eigenvalue weighted by atomic mass is 79.9. The quantitative estimate of drug-likeness (QED) is 0.361. The van der Waals surface area contributed by atoms with E-state index in [1.165, 1.54) is 11.3 Å². The second-order valence-corrected chi connectivity index (χ2v) is 9.58. The lowest BCUT2D eigenvalue weighted by Crippen LogP contribution is -2.16. The summed E-state index contributed by atoms with van der Waals surface area (Å²) in [4.78, 5) is 18.9. The van der Waals surface area contributed by atoms with Gasteiger partial charge in [-0.1, -0.05) is 53.3 Å². The van der Waals surface area contributed by atoms with Crippen molar-refractivity contribution in [2.24, 2.45) is 4.99 Å². The first-order chi connectivity index (χ1) is 12.5. The fraction of sp³-hybridized carbons (Fsp3) is 0.200. The Morgan fingerprint density at radius 1 is 1.35 bits per heavy atom. The fourth-order valence-electron chi connectivity index (χ4n) is 2.56. The third kappa shape index (κ3) is 4.37. The number of thiazole rings is 1. The number of fused-ring (bicyclic) bond motifs is 1. The van der Waals surface area contributed by atoms with Crippen LogP contribution in [0.2, 0.25) is 0 Å². The number of allylic oxidation sites excluding steroid dienone is 1. The second kappa shape index (κ2) is 8.37. The minimum atomic E-state index is -0.223. The number of benzene rings is 2. The Kier molecular flexibility index (Phi) is 6.16.